The normalized spacial score (nSPS) is 17.6. The average molecular weight is 289 g/mol. The Morgan fingerprint density at radius 1 is 1.05 bits per heavy atom. The van der Waals surface area contributed by atoms with Crippen LogP contribution < -0.4 is 5.32 Å². The van der Waals surface area contributed by atoms with Gasteiger partial charge in [0.1, 0.15) is 0 Å². The standard InChI is InChI=1S/C13H17F2NO2S/c14-13(15)19(17,18)12-8-6-11(7-9-12)16-10-4-2-1-3-5-10/h6-10,13,16H,1-5H2. The highest BCUT2D eigenvalue weighted by Gasteiger charge is 2.26. The van der Waals surface area contributed by atoms with E-state index in [-0.39, 0.29) is 4.90 Å². The third-order valence-corrected chi connectivity index (χ3v) is 4.79. The van der Waals surface area contributed by atoms with Gasteiger partial charge in [-0.1, -0.05) is 19.3 Å². The molecule has 1 aliphatic carbocycles. The highest BCUT2D eigenvalue weighted by atomic mass is 32.2. The molecule has 0 aliphatic heterocycles. The van der Waals surface area contributed by atoms with E-state index in [1.807, 2.05) is 0 Å². The first-order chi connectivity index (χ1) is 9.00. The van der Waals surface area contributed by atoms with Crippen LogP contribution in [0.25, 0.3) is 0 Å². The number of hydrogen-bond donors (Lipinski definition) is 1. The highest BCUT2D eigenvalue weighted by Crippen LogP contribution is 2.24. The maximum atomic E-state index is 12.4. The molecule has 19 heavy (non-hydrogen) atoms. The molecule has 0 saturated heterocycles. The number of halogens is 2. The van der Waals surface area contributed by atoms with Crippen LogP contribution in [0.15, 0.2) is 29.2 Å². The number of benzene rings is 1. The molecule has 0 radical (unpaired) electrons. The molecule has 106 valence electrons. The summed E-state index contributed by atoms with van der Waals surface area (Å²) in [6.45, 7) is 0. The minimum atomic E-state index is -4.49. The van der Waals surface area contributed by atoms with Crippen LogP contribution >= 0.6 is 0 Å². The summed E-state index contributed by atoms with van der Waals surface area (Å²) in [4.78, 5) is -0.336. The predicted octanol–water partition coefficient (Wildman–Crippen LogP) is 3.43. The van der Waals surface area contributed by atoms with Crippen LogP contribution in [-0.2, 0) is 9.84 Å². The van der Waals surface area contributed by atoms with Crippen LogP contribution in [0.4, 0.5) is 14.5 Å². The molecule has 1 saturated carbocycles. The molecular weight excluding hydrogens is 272 g/mol. The largest absolute Gasteiger partial charge is 0.382 e. The van der Waals surface area contributed by atoms with Gasteiger partial charge in [-0.3, -0.25) is 0 Å². The molecule has 0 amide bonds. The highest BCUT2D eigenvalue weighted by molar-refractivity contribution is 7.91. The fraction of sp³-hybridized carbons (Fsp3) is 0.538. The Kier molecular flexibility index (Phi) is 4.39. The van der Waals surface area contributed by atoms with Gasteiger partial charge in [-0.2, -0.15) is 8.78 Å². The van der Waals surface area contributed by atoms with E-state index in [0.29, 0.717) is 6.04 Å². The van der Waals surface area contributed by atoms with Gasteiger partial charge >= 0.3 is 5.76 Å². The second-order valence-corrected chi connectivity index (χ2v) is 6.73. The van der Waals surface area contributed by atoms with Crippen molar-refractivity contribution in [3.63, 3.8) is 0 Å². The van der Waals surface area contributed by atoms with Gasteiger partial charge in [0, 0.05) is 11.7 Å². The topological polar surface area (TPSA) is 46.2 Å². The monoisotopic (exact) mass is 289 g/mol. The van der Waals surface area contributed by atoms with E-state index in [1.165, 1.54) is 31.4 Å². The number of alkyl halides is 2. The molecule has 2 rings (SSSR count). The fourth-order valence-electron chi connectivity index (χ4n) is 2.33. The Balaban J connectivity index is 2.06. The van der Waals surface area contributed by atoms with E-state index in [0.717, 1.165) is 18.5 Å². The zero-order chi connectivity index (χ0) is 13.9. The van der Waals surface area contributed by atoms with Gasteiger partial charge in [-0.15, -0.1) is 0 Å². The van der Waals surface area contributed by atoms with Crippen molar-refractivity contribution >= 4 is 15.5 Å². The molecule has 1 aromatic carbocycles. The Morgan fingerprint density at radius 2 is 1.63 bits per heavy atom. The number of nitrogens with one attached hydrogen (secondary N) is 1. The molecule has 6 heteroatoms. The predicted molar refractivity (Wildman–Crippen MR) is 70.1 cm³/mol. The maximum absolute atomic E-state index is 12.4. The summed E-state index contributed by atoms with van der Waals surface area (Å²) in [6, 6.07) is 5.94. The number of hydrogen-bond acceptors (Lipinski definition) is 3. The molecule has 0 spiro atoms. The van der Waals surface area contributed by atoms with E-state index < -0.39 is 15.6 Å². The van der Waals surface area contributed by atoms with Gasteiger partial charge in [0.15, 0.2) is 0 Å². The molecule has 0 atom stereocenters. The molecule has 0 bridgehead atoms. The Labute approximate surface area is 111 Å². The van der Waals surface area contributed by atoms with Gasteiger partial charge in [-0.05, 0) is 37.1 Å². The van der Waals surface area contributed by atoms with Crippen molar-refractivity contribution in [1.29, 1.82) is 0 Å². The summed E-state index contributed by atoms with van der Waals surface area (Å²) in [6.07, 6.45) is 5.82. The first kappa shape index (κ1) is 14.2. The lowest BCUT2D eigenvalue weighted by Gasteiger charge is -2.23. The molecular formula is C13H17F2NO2S. The fourth-order valence-corrected chi connectivity index (χ4v) is 3.05. The van der Waals surface area contributed by atoms with E-state index >= 15 is 0 Å². The van der Waals surface area contributed by atoms with Gasteiger partial charge in [0.2, 0.25) is 9.84 Å². The number of anilines is 1. The van der Waals surface area contributed by atoms with Crippen molar-refractivity contribution in [1.82, 2.24) is 0 Å². The van der Waals surface area contributed by atoms with E-state index in [2.05, 4.69) is 5.32 Å². The van der Waals surface area contributed by atoms with Crippen LogP contribution in [-0.4, -0.2) is 20.2 Å². The van der Waals surface area contributed by atoms with E-state index in [1.54, 1.807) is 12.1 Å². The van der Waals surface area contributed by atoms with Gasteiger partial charge in [0.05, 0.1) is 4.90 Å². The lowest BCUT2D eigenvalue weighted by Crippen LogP contribution is -2.22. The molecule has 1 fully saturated rings. The van der Waals surface area contributed by atoms with Crippen molar-refractivity contribution in [2.24, 2.45) is 0 Å². The molecule has 1 N–H and O–H groups in total. The van der Waals surface area contributed by atoms with Gasteiger partial charge < -0.3 is 5.32 Å². The van der Waals surface area contributed by atoms with Crippen LogP contribution in [0.5, 0.6) is 0 Å². The SMILES string of the molecule is O=S(=O)(c1ccc(NC2CCCCC2)cc1)C(F)F. The van der Waals surface area contributed by atoms with Crippen molar-refractivity contribution in [2.45, 2.75) is 48.8 Å². The second-order valence-electron chi connectivity index (χ2n) is 4.81. The molecule has 0 unspecified atom stereocenters. The zero-order valence-corrected chi connectivity index (χ0v) is 11.3. The molecule has 3 nitrogen and oxygen atoms in total. The summed E-state index contributed by atoms with van der Waals surface area (Å²) in [5, 5.41) is 3.31. The van der Waals surface area contributed by atoms with Crippen LogP contribution in [0.1, 0.15) is 32.1 Å². The summed E-state index contributed by atoms with van der Waals surface area (Å²) in [7, 11) is -4.49. The molecule has 0 heterocycles. The summed E-state index contributed by atoms with van der Waals surface area (Å²) >= 11 is 0. The quantitative estimate of drug-likeness (QED) is 0.923. The van der Waals surface area contributed by atoms with Gasteiger partial charge in [-0.25, -0.2) is 8.42 Å². The van der Waals surface area contributed by atoms with E-state index in [9.17, 15) is 17.2 Å². The smallest absolute Gasteiger partial charge is 0.341 e. The summed E-state index contributed by atoms with van der Waals surface area (Å²) in [5.41, 5.74) is 0.778. The van der Waals surface area contributed by atoms with Crippen molar-refractivity contribution in [3.05, 3.63) is 24.3 Å². The van der Waals surface area contributed by atoms with Gasteiger partial charge in [0.25, 0.3) is 0 Å². The summed E-state index contributed by atoms with van der Waals surface area (Å²) in [5.74, 6) is -3.37. The second kappa shape index (κ2) is 5.86. The molecule has 1 aliphatic rings. The van der Waals surface area contributed by atoms with Crippen molar-refractivity contribution < 1.29 is 17.2 Å². The third kappa shape index (κ3) is 3.43. The number of rotatable bonds is 4. The van der Waals surface area contributed by atoms with Crippen LogP contribution in [0.3, 0.4) is 0 Å². The first-order valence-corrected chi connectivity index (χ1v) is 7.93. The summed E-state index contributed by atoms with van der Waals surface area (Å²) < 4.78 is 47.3. The van der Waals surface area contributed by atoms with Crippen LogP contribution in [0.2, 0.25) is 0 Å². The minimum Gasteiger partial charge on any atom is -0.382 e. The minimum absolute atomic E-state index is 0.336. The lowest BCUT2D eigenvalue weighted by molar-refractivity contribution is 0.234. The third-order valence-electron chi connectivity index (χ3n) is 3.39. The molecule has 0 aromatic heterocycles. The van der Waals surface area contributed by atoms with Crippen molar-refractivity contribution in [2.75, 3.05) is 5.32 Å². The zero-order valence-electron chi connectivity index (χ0n) is 10.5. The lowest BCUT2D eigenvalue weighted by atomic mass is 9.95. The van der Waals surface area contributed by atoms with E-state index in [4.69, 9.17) is 0 Å². The van der Waals surface area contributed by atoms with Crippen LogP contribution in [0, 0.1) is 0 Å². The Bertz CT molecular complexity index is 508. The maximum Gasteiger partial charge on any atom is 0.341 e. The number of sulfone groups is 1. The Morgan fingerprint density at radius 3 is 2.16 bits per heavy atom. The average Bonchev–Trinajstić information content (AvgIpc) is 2.40. The van der Waals surface area contributed by atoms with Crippen molar-refractivity contribution in [3.8, 4) is 0 Å². The Hall–Kier alpha value is -1.17. The first-order valence-electron chi connectivity index (χ1n) is 6.39. The molecule has 1 aromatic rings.